The molecule has 0 saturated carbocycles. The minimum absolute atomic E-state index is 0.296. The van der Waals surface area contributed by atoms with E-state index < -0.39 is 0 Å². The molecule has 0 unspecified atom stereocenters. The first-order chi connectivity index (χ1) is 20.0. The summed E-state index contributed by atoms with van der Waals surface area (Å²) < 4.78 is 7.54. The van der Waals surface area contributed by atoms with Gasteiger partial charge in [-0.3, -0.25) is 0 Å². The zero-order valence-electron chi connectivity index (χ0n) is 23.0. The first kappa shape index (κ1) is 27.1. The van der Waals surface area contributed by atoms with Crippen LogP contribution in [0.4, 0.5) is 27.5 Å². The molecule has 0 aliphatic heterocycles. The fraction of sp³-hybridized carbons (Fsp3) is 0.156. The molecule has 0 aliphatic carbocycles. The van der Waals surface area contributed by atoms with Gasteiger partial charge in [-0.25, -0.2) is 9.31 Å². The predicted octanol–water partition coefficient (Wildman–Crippen LogP) is 6.70. The minimum Gasteiger partial charge on any atom is -0.457 e. The lowest BCUT2D eigenvalue weighted by molar-refractivity contribution is 0.252. The molecule has 0 bridgehead atoms. The topological polar surface area (TPSA) is 107 Å². The Hall–Kier alpha value is -5.49. The van der Waals surface area contributed by atoms with Crippen LogP contribution in [0.15, 0.2) is 97.3 Å². The Balaban J connectivity index is 1.24. The van der Waals surface area contributed by atoms with Gasteiger partial charge in [0.15, 0.2) is 0 Å². The van der Waals surface area contributed by atoms with E-state index in [9.17, 15) is 10.1 Å². The largest absolute Gasteiger partial charge is 0.457 e. The fourth-order valence-corrected chi connectivity index (χ4v) is 4.50. The second-order valence-corrected chi connectivity index (χ2v) is 9.56. The average Bonchev–Trinajstić information content (AvgIpc) is 3.32. The molecule has 9 heteroatoms. The van der Waals surface area contributed by atoms with Gasteiger partial charge in [0.2, 0.25) is 0 Å². The Morgan fingerprint density at radius 3 is 2.39 bits per heavy atom. The summed E-state index contributed by atoms with van der Waals surface area (Å²) in [6.07, 6.45) is 4.05. The zero-order chi connectivity index (χ0) is 28.6. The molecule has 5 aromatic rings. The number of rotatable bonds is 10. The van der Waals surface area contributed by atoms with Gasteiger partial charge in [0.05, 0.1) is 34.8 Å². The molecule has 41 heavy (non-hydrogen) atoms. The maximum atomic E-state index is 12.7. The number of fused-ring (bicyclic) bond motifs is 1. The monoisotopic (exact) mass is 545 g/mol. The molecule has 0 spiro atoms. The number of nitriles is 1. The number of aryl methyl sites for hydroxylation is 1. The first-order valence-electron chi connectivity index (χ1n) is 13.3. The maximum Gasteiger partial charge on any atom is 0.319 e. The van der Waals surface area contributed by atoms with Gasteiger partial charge in [0.25, 0.3) is 0 Å². The van der Waals surface area contributed by atoms with Gasteiger partial charge < -0.3 is 25.6 Å². The molecular formula is C32H31N7O2. The van der Waals surface area contributed by atoms with E-state index in [2.05, 4.69) is 44.2 Å². The normalized spacial score (nSPS) is 10.6. The van der Waals surface area contributed by atoms with Gasteiger partial charge in [-0.1, -0.05) is 36.4 Å². The van der Waals surface area contributed by atoms with E-state index in [-0.39, 0.29) is 6.03 Å². The van der Waals surface area contributed by atoms with Crippen molar-refractivity contribution in [2.45, 2.75) is 13.3 Å². The Kier molecular flexibility index (Phi) is 8.31. The molecule has 0 fully saturated rings. The Morgan fingerprint density at radius 1 is 1.00 bits per heavy atom. The number of nitrogens with one attached hydrogen (secondary N) is 3. The van der Waals surface area contributed by atoms with E-state index in [4.69, 9.17) is 4.74 Å². The molecular weight excluding hydrogens is 514 g/mol. The van der Waals surface area contributed by atoms with E-state index in [0.29, 0.717) is 34.7 Å². The number of para-hydroxylation sites is 2. The molecule has 3 N–H and O–H groups in total. The van der Waals surface area contributed by atoms with Crippen molar-refractivity contribution >= 4 is 34.3 Å². The highest BCUT2D eigenvalue weighted by molar-refractivity contribution is 5.94. The molecule has 2 amide bonds. The first-order valence-corrected chi connectivity index (χ1v) is 13.3. The van der Waals surface area contributed by atoms with Crippen molar-refractivity contribution in [1.29, 1.82) is 5.26 Å². The number of amides is 2. The van der Waals surface area contributed by atoms with Gasteiger partial charge >= 0.3 is 6.03 Å². The summed E-state index contributed by atoms with van der Waals surface area (Å²) >= 11 is 0. The lowest BCUT2D eigenvalue weighted by atomic mass is 10.1. The smallest absolute Gasteiger partial charge is 0.319 e. The van der Waals surface area contributed by atoms with Crippen LogP contribution in [0.1, 0.15) is 17.5 Å². The second-order valence-electron chi connectivity index (χ2n) is 9.56. The van der Waals surface area contributed by atoms with Crippen molar-refractivity contribution in [3.8, 4) is 17.6 Å². The van der Waals surface area contributed by atoms with Gasteiger partial charge in [0.1, 0.15) is 17.6 Å². The number of benzene rings is 3. The number of hydrogen-bond acceptors (Lipinski definition) is 6. The molecule has 206 valence electrons. The zero-order valence-corrected chi connectivity index (χ0v) is 23.0. The number of hydrogen-bond donors (Lipinski definition) is 3. The molecule has 0 radical (unpaired) electrons. The summed E-state index contributed by atoms with van der Waals surface area (Å²) in [7, 11) is 2.03. The third-order valence-corrected chi connectivity index (χ3v) is 6.68. The summed E-state index contributed by atoms with van der Waals surface area (Å²) in [6.45, 7) is 3.24. The molecule has 3 aromatic carbocycles. The molecule has 0 aliphatic rings. The molecule has 9 nitrogen and oxygen atoms in total. The molecule has 0 saturated heterocycles. The van der Waals surface area contributed by atoms with Gasteiger partial charge in [-0.2, -0.15) is 10.4 Å². The van der Waals surface area contributed by atoms with Crippen LogP contribution < -0.4 is 25.6 Å². The van der Waals surface area contributed by atoms with Crippen LogP contribution in [0.3, 0.4) is 0 Å². The summed E-state index contributed by atoms with van der Waals surface area (Å²) in [5, 5.41) is 23.4. The standard InChI is InChI=1S/C32H31N7O2/c1-23-29(37-32(40)34-18-9-19-38(2)26-10-5-3-6-11-26)22-39-31(23)30(24(20-33)21-35-39)36-25-14-16-28(17-15-25)41-27-12-7-4-8-13-27/h3-8,10-17,21-22,36H,9,18-19H2,1-2H3,(H2,34,37,40). The van der Waals surface area contributed by atoms with Gasteiger partial charge in [0, 0.05) is 37.1 Å². The van der Waals surface area contributed by atoms with Crippen LogP contribution in [0.25, 0.3) is 5.52 Å². The highest BCUT2D eigenvalue weighted by Gasteiger charge is 2.17. The summed E-state index contributed by atoms with van der Waals surface area (Å²) in [4.78, 5) is 14.8. The number of urea groups is 1. The van der Waals surface area contributed by atoms with Crippen molar-refractivity contribution in [2.75, 3.05) is 35.7 Å². The minimum atomic E-state index is -0.296. The van der Waals surface area contributed by atoms with E-state index in [1.54, 1.807) is 10.7 Å². The number of carbonyl (C=O) groups is 1. The average molecular weight is 546 g/mol. The molecule has 2 heterocycles. The SMILES string of the molecule is Cc1c(NC(=O)NCCCN(C)c2ccccc2)cn2ncc(C#N)c(Nc3ccc(Oc4ccccc4)cc3)c12. The van der Waals surface area contributed by atoms with E-state index in [1.165, 1.54) is 6.20 Å². The van der Waals surface area contributed by atoms with Crippen LogP contribution in [-0.4, -0.2) is 35.8 Å². The molecule has 5 rings (SSSR count). The van der Waals surface area contributed by atoms with Gasteiger partial charge in [-0.05, 0) is 61.9 Å². The lowest BCUT2D eigenvalue weighted by Gasteiger charge is -2.19. The maximum absolute atomic E-state index is 12.7. The van der Waals surface area contributed by atoms with E-state index in [1.807, 2.05) is 86.8 Å². The summed E-state index contributed by atoms with van der Waals surface area (Å²) in [6, 6.07) is 29.1. The van der Waals surface area contributed by atoms with Crippen LogP contribution >= 0.6 is 0 Å². The molecule has 0 atom stereocenters. The van der Waals surface area contributed by atoms with Crippen LogP contribution in [-0.2, 0) is 0 Å². The third-order valence-electron chi connectivity index (χ3n) is 6.68. The van der Waals surface area contributed by atoms with Crippen molar-refractivity contribution in [1.82, 2.24) is 14.9 Å². The van der Waals surface area contributed by atoms with E-state index in [0.717, 1.165) is 35.7 Å². The number of nitrogens with zero attached hydrogens (tertiary/aromatic N) is 4. The number of aromatic nitrogens is 2. The number of anilines is 4. The second kappa shape index (κ2) is 12.6. The Bertz CT molecular complexity index is 1660. The van der Waals surface area contributed by atoms with Crippen molar-refractivity contribution in [3.63, 3.8) is 0 Å². The highest BCUT2D eigenvalue weighted by atomic mass is 16.5. The summed E-state index contributed by atoms with van der Waals surface area (Å²) in [5.41, 5.74) is 5.02. The van der Waals surface area contributed by atoms with Crippen LogP contribution in [0, 0.1) is 18.3 Å². The van der Waals surface area contributed by atoms with Crippen molar-refractivity contribution in [3.05, 3.63) is 108 Å². The van der Waals surface area contributed by atoms with Crippen LogP contribution in [0.2, 0.25) is 0 Å². The molecule has 2 aromatic heterocycles. The Labute approximate surface area is 239 Å². The predicted molar refractivity (Wildman–Crippen MR) is 162 cm³/mol. The highest BCUT2D eigenvalue weighted by Crippen LogP contribution is 2.33. The quantitative estimate of drug-likeness (QED) is 0.169. The van der Waals surface area contributed by atoms with Crippen LogP contribution in [0.5, 0.6) is 11.5 Å². The summed E-state index contributed by atoms with van der Waals surface area (Å²) in [5.74, 6) is 1.45. The number of carbonyl (C=O) groups excluding carboxylic acids is 1. The third kappa shape index (κ3) is 6.57. The fourth-order valence-electron chi connectivity index (χ4n) is 4.50. The number of ether oxygens (including phenoxy) is 1. The van der Waals surface area contributed by atoms with E-state index >= 15 is 0 Å². The Morgan fingerprint density at radius 2 is 1.68 bits per heavy atom. The van der Waals surface area contributed by atoms with Gasteiger partial charge in [-0.15, -0.1) is 0 Å². The van der Waals surface area contributed by atoms with Crippen molar-refractivity contribution in [2.24, 2.45) is 0 Å². The lowest BCUT2D eigenvalue weighted by Crippen LogP contribution is -2.31. The van der Waals surface area contributed by atoms with Crippen molar-refractivity contribution < 1.29 is 9.53 Å².